The summed E-state index contributed by atoms with van der Waals surface area (Å²) in [6, 6.07) is 16.2. The van der Waals surface area contributed by atoms with Crippen molar-refractivity contribution >= 4 is 34.5 Å². The van der Waals surface area contributed by atoms with Gasteiger partial charge in [-0.3, -0.25) is 4.90 Å². The second-order valence-electron chi connectivity index (χ2n) is 7.21. The van der Waals surface area contributed by atoms with Crippen molar-refractivity contribution in [3.8, 4) is 0 Å². The lowest BCUT2D eigenvalue weighted by atomic mass is 10.1. The fraction of sp³-hybridized carbons (Fsp3) is 0.350. The third kappa shape index (κ3) is 3.34. The first-order valence-electron chi connectivity index (χ1n) is 9.45. The normalized spacial score (nSPS) is 22.4. The highest BCUT2D eigenvalue weighted by Gasteiger charge is 2.41. The van der Waals surface area contributed by atoms with Crippen LogP contribution in [0.3, 0.4) is 0 Å². The molecule has 7 nitrogen and oxygen atoms in total. The molecule has 0 radical (unpaired) electrons. The molecular weight excluding hydrogens is 374 g/mol. The lowest BCUT2D eigenvalue weighted by Gasteiger charge is -2.36. The molecule has 8 heteroatoms. The van der Waals surface area contributed by atoms with Crippen LogP contribution in [0.5, 0.6) is 0 Å². The topological polar surface area (TPSA) is 70.6 Å². The van der Waals surface area contributed by atoms with Crippen LogP contribution < -0.4 is 5.32 Å². The number of benzene rings is 2. The summed E-state index contributed by atoms with van der Waals surface area (Å²) < 4.78 is 14.5. The molecule has 2 aromatic carbocycles. The molecule has 28 heavy (non-hydrogen) atoms. The molecule has 3 heterocycles. The molecule has 1 N–H and O–H groups in total. The fourth-order valence-electron chi connectivity index (χ4n) is 4.04. The van der Waals surface area contributed by atoms with Crippen molar-refractivity contribution in [3.05, 3.63) is 54.1 Å². The SMILES string of the molecule is O=C(Nc1cccc2nsnc12)N1C[C@@H]2OCCN(Cc3ccccc3)[C@@H]2C1. The van der Waals surface area contributed by atoms with Gasteiger partial charge in [-0.2, -0.15) is 8.75 Å². The van der Waals surface area contributed by atoms with E-state index in [4.69, 9.17) is 4.74 Å². The summed E-state index contributed by atoms with van der Waals surface area (Å²) in [7, 11) is 0. The van der Waals surface area contributed by atoms with Crippen molar-refractivity contribution in [2.45, 2.75) is 18.7 Å². The minimum absolute atomic E-state index is 0.0555. The number of aromatic nitrogens is 2. The molecule has 2 aliphatic heterocycles. The van der Waals surface area contributed by atoms with Gasteiger partial charge in [-0.25, -0.2) is 4.79 Å². The number of nitrogens with one attached hydrogen (secondary N) is 1. The highest BCUT2D eigenvalue weighted by molar-refractivity contribution is 7.00. The van der Waals surface area contributed by atoms with Crippen molar-refractivity contribution in [2.24, 2.45) is 0 Å². The summed E-state index contributed by atoms with van der Waals surface area (Å²) in [4.78, 5) is 17.2. The van der Waals surface area contributed by atoms with Crippen LogP contribution in [0.25, 0.3) is 11.0 Å². The predicted octanol–water partition coefficient (Wildman–Crippen LogP) is 2.81. The van der Waals surface area contributed by atoms with Crippen molar-refractivity contribution in [2.75, 3.05) is 31.6 Å². The van der Waals surface area contributed by atoms with Crippen LogP contribution in [0.4, 0.5) is 10.5 Å². The Morgan fingerprint density at radius 3 is 2.93 bits per heavy atom. The Balaban J connectivity index is 1.28. The van der Waals surface area contributed by atoms with E-state index in [1.54, 1.807) is 0 Å². The Labute approximate surface area is 167 Å². The first kappa shape index (κ1) is 17.5. The molecular formula is C20H21N5O2S. The third-order valence-corrected chi connectivity index (χ3v) is 6.00. The van der Waals surface area contributed by atoms with E-state index in [2.05, 4.69) is 43.2 Å². The summed E-state index contributed by atoms with van der Waals surface area (Å²) in [5, 5.41) is 3.00. The quantitative estimate of drug-likeness (QED) is 0.738. The fourth-order valence-corrected chi connectivity index (χ4v) is 4.59. The second-order valence-corrected chi connectivity index (χ2v) is 7.73. The Morgan fingerprint density at radius 2 is 2.04 bits per heavy atom. The zero-order valence-electron chi connectivity index (χ0n) is 15.3. The largest absolute Gasteiger partial charge is 0.373 e. The molecule has 0 spiro atoms. The summed E-state index contributed by atoms with van der Waals surface area (Å²) in [6.07, 6.45) is 0.0555. The van der Waals surface area contributed by atoms with Crippen LogP contribution in [0.15, 0.2) is 48.5 Å². The number of hydrogen-bond donors (Lipinski definition) is 1. The van der Waals surface area contributed by atoms with Crippen LogP contribution in [0.2, 0.25) is 0 Å². The van der Waals surface area contributed by atoms with Gasteiger partial charge in [-0.1, -0.05) is 36.4 Å². The maximum absolute atomic E-state index is 12.9. The molecule has 0 unspecified atom stereocenters. The molecule has 1 aromatic heterocycles. The Hall–Kier alpha value is -2.55. The standard InChI is InChI=1S/C20H21N5O2S/c26-20(21-15-7-4-8-16-19(15)23-28-22-16)25-12-17-18(13-25)27-10-9-24(17)11-14-5-2-1-3-6-14/h1-8,17-18H,9-13H2,(H,21,26)/t17-,18+/m1/s1. The maximum atomic E-state index is 12.9. The summed E-state index contributed by atoms with van der Waals surface area (Å²) in [6.45, 7) is 3.73. The van der Waals surface area contributed by atoms with E-state index in [1.807, 2.05) is 29.2 Å². The lowest BCUT2D eigenvalue weighted by Crippen LogP contribution is -2.50. The number of carbonyl (C=O) groups is 1. The van der Waals surface area contributed by atoms with E-state index < -0.39 is 0 Å². The molecule has 2 fully saturated rings. The third-order valence-electron chi connectivity index (χ3n) is 5.46. The highest BCUT2D eigenvalue weighted by atomic mass is 32.1. The number of hydrogen-bond acceptors (Lipinski definition) is 6. The molecule has 2 atom stereocenters. The predicted molar refractivity (Wildman–Crippen MR) is 108 cm³/mol. The summed E-state index contributed by atoms with van der Waals surface area (Å²) in [5.41, 5.74) is 3.52. The monoisotopic (exact) mass is 395 g/mol. The van der Waals surface area contributed by atoms with E-state index in [0.29, 0.717) is 25.4 Å². The van der Waals surface area contributed by atoms with Gasteiger partial charge in [0.2, 0.25) is 0 Å². The van der Waals surface area contributed by atoms with Crippen LogP contribution in [0, 0.1) is 0 Å². The van der Waals surface area contributed by atoms with Gasteiger partial charge in [0.05, 0.1) is 42.7 Å². The minimum atomic E-state index is -0.113. The molecule has 0 aliphatic carbocycles. The van der Waals surface area contributed by atoms with Gasteiger partial charge >= 0.3 is 6.03 Å². The molecule has 0 saturated carbocycles. The number of urea groups is 1. The van der Waals surface area contributed by atoms with E-state index >= 15 is 0 Å². The van der Waals surface area contributed by atoms with Crippen molar-refractivity contribution in [1.82, 2.24) is 18.5 Å². The Morgan fingerprint density at radius 1 is 1.14 bits per heavy atom. The number of carbonyl (C=O) groups excluding carboxylic acids is 1. The van der Waals surface area contributed by atoms with Crippen LogP contribution in [-0.2, 0) is 11.3 Å². The Kier molecular flexibility index (Phi) is 4.67. The van der Waals surface area contributed by atoms with Crippen LogP contribution in [-0.4, -0.2) is 63.0 Å². The van der Waals surface area contributed by atoms with Crippen molar-refractivity contribution in [3.63, 3.8) is 0 Å². The number of morpholine rings is 1. The average molecular weight is 395 g/mol. The number of fused-ring (bicyclic) bond motifs is 2. The van der Waals surface area contributed by atoms with Gasteiger partial charge < -0.3 is 15.0 Å². The number of nitrogens with zero attached hydrogens (tertiary/aromatic N) is 4. The van der Waals surface area contributed by atoms with Gasteiger partial charge in [-0.15, -0.1) is 0 Å². The molecule has 2 amide bonds. The van der Waals surface area contributed by atoms with Crippen LogP contribution >= 0.6 is 11.7 Å². The molecule has 3 aromatic rings. The first-order chi connectivity index (χ1) is 13.8. The molecule has 144 valence electrons. The Bertz CT molecular complexity index is 979. The molecule has 2 aliphatic rings. The van der Waals surface area contributed by atoms with Crippen molar-refractivity contribution in [1.29, 1.82) is 0 Å². The van der Waals surface area contributed by atoms with E-state index in [1.165, 1.54) is 5.56 Å². The summed E-state index contributed by atoms with van der Waals surface area (Å²) >= 11 is 1.15. The minimum Gasteiger partial charge on any atom is -0.373 e. The molecule has 0 bridgehead atoms. The molecule has 5 rings (SSSR count). The maximum Gasteiger partial charge on any atom is 0.322 e. The highest BCUT2D eigenvalue weighted by Crippen LogP contribution is 2.26. The van der Waals surface area contributed by atoms with E-state index in [0.717, 1.165) is 35.9 Å². The first-order valence-corrected chi connectivity index (χ1v) is 10.2. The van der Waals surface area contributed by atoms with Crippen LogP contribution in [0.1, 0.15) is 5.56 Å². The molecule has 2 saturated heterocycles. The zero-order chi connectivity index (χ0) is 18.9. The number of rotatable bonds is 3. The summed E-state index contributed by atoms with van der Waals surface area (Å²) in [5.74, 6) is 0. The van der Waals surface area contributed by atoms with Crippen molar-refractivity contribution < 1.29 is 9.53 Å². The number of anilines is 1. The van der Waals surface area contributed by atoms with Gasteiger partial charge in [0.1, 0.15) is 11.0 Å². The number of likely N-dealkylation sites (tertiary alicyclic amines) is 1. The van der Waals surface area contributed by atoms with E-state index in [9.17, 15) is 4.79 Å². The zero-order valence-corrected chi connectivity index (χ0v) is 16.1. The van der Waals surface area contributed by atoms with E-state index in [-0.39, 0.29) is 18.2 Å². The van der Waals surface area contributed by atoms with Gasteiger partial charge in [0.15, 0.2) is 0 Å². The lowest BCUT2D eigenvalue weighted by molar-refractivity contribution is -0.0503. The van der Waals surface area contributed by atoms with Gasteiger partial charge in [0, 0.05) is 19.6 Å². The number of amides is 2. The van der Waals surface area contributed by atoms with Gasteiger partial charge in [0.25, 0.3) is 0 Å². The smallest absolute Gasteiger partial charge is 0.322 e. The number of ether oxygens (including phenoxy) is 1. The average Bonchev–Trinajstić information content (AvgIpc) is 3.37. The van der Waals surface area contributed by atoms with Gasteiger partial charge in [-0.05, 0) is 17.7 Å². The second kappa shape index (κ2) is 7.46.